The molecule has 3 nitrogen and oxygen atoms in total. The molecule has 0 amide bonds. The molecule has 1 fully saturated rings. The maximum atomic E-state index is 12.4. The maximum Gasteiger partial charge on any atom is 0.426 e. The molecule has 0 aliphatic heterocycles. The first-order valence-electron chi connectivity index (χ1n) is 7.01. The lowest BCUT2D eigenvalue weighted by Gasteiger charge is -2.32. The fraction of sp³-hybridized carbons (Fsp3) is 0.923. The van der Waals surface area contributed by atoms with E-state index in [1.54, 1.807) is 0 Å². The lowest BCUT2D eigenvalue weighted by Crippen LogP contribution is -2.56. The Labute approximate surface area is 123 Å². The van der Waals surface area contributed by atoms with Crippen LogP contribution in [0.4, 0.5) is 26.3 Å². The molecule has 0 aromatic heterocycles. The Bertz CT molecular complexity index is 357. The molecule has 0 aromatic rings. The standard InChI is InChI=1S/C13H18F6O3/c14-12(15,16)11(21,13(17,18)19)7-4-8-22-10(20)9-5-2-1-3-6-9/h9,21H,1-8H2. The van der Waals surface area contributed by atoms with Gasteiger partial charge in [-0.1, -0.05) is 19.3 Å². The number of hydrogen-bond donors (Lipinski definition) is 1. The van der Waals surface area contributed by atoms with Crippen molar-refractivity contribution in [2.24, 2.45) is 5.92 Å². The summed E-state index contributed by atoms with van der Waals surface area (Å²) in [4.78, 5) is 11.6. The third kappa shape index (κ3) is 4.50. The van der Waals surface area contributed by atoms with Gasteiger partial charge in [-0.2, -0.15) is 26.3 Å². The molecule has 130 valence electrons. The van der Waals surface area contributed by atoms with E-state index >= 15 is 0 Å². The molecule has 0 radical (unpaired) electrons. The fourth-order valence-corrected chi connectivity index (χ4v) is 2.40. The molecule has 0 bridgehead atoms. The van der Waals surface area contributed by atoms with Crippen LogP contribution in [0.5, 0.6) is 0 Å². The average molecular weight is 336 g/mol. The summed E-state index contributed by atoms with van der Waals surface area (Å²) in [5.41, 5.74) is -4.78. The van der Waals surface area contributed by atoms with Crippen LogP contribution >= 0.6 is 0 Å². The topological polar surface area (TPSA) is 46.5 Å². The molecule has 0 unspecified atom stereocenters. The number of halogens is 6. The number of aliphatic hydroxyl groups is 1. The van der Waals surface area contributed by atoms with Crippen molar-refractivity contribution < 1.29 is 41.0 Å². The number of ether oxygens (including phenoxy) is 1. The van der Waals surface area contributed by atoms with Crippen LogP contribution in [0.2, 0.25) is 0 Å². The van der Waals surface area contributed by atoms with Crippen molar-refractivity contribution in [2.45, 2.75) is 62.9 Å². The molecule has 0 saturated heterocycles. The smallest absolute Gasteiger partial charge is 0.426 e. The fourth-order valence-electron chi connectivity index (χ4n) is 2.40. The van der Waals surface area contributed by atoms with E-state index < -0.39 is 43.4 Å². The quantitative estimate of drug-likeness (QED) is 0.473. The van der Waals surface area contributed by atoms with E-state index in [4.69, 9.17) is 9.84 Å². The Morgan fingerprint density at radius 3 is 1.95 bits per heavy atom. The SMILES string of the molecule is O=C(OCCCC(O)(C(F)(F)F)C(F)(F)F)C1CCCCC1. The van der Waals surface area contributed by atoms with Crippen molar-refractivity contribution in [3.8, 4) is 0 Å². The maximum absolute atomic E-state index is 12.4. The Balaban J connectivity index is 2.45. The van der Waals surface area contributed by atoms with E-state index in [1.807, 2.05) is 0 Å². The first-order chi connectivity index (χ1) is 9.99. The predicted molar refractivity (Wildman–Crippen MR) is 63.8 cm³/mol. The zero-order valence-electron chi connectivity index (χ0n) is 11.8. The summed E-state index contributed by atoms with van der Waals surface area (Å²) in [7, 11) is 0. The lowest BCUT2D eigenvalue weighted by molar-refractivity contribution is -0.370. The monoisotopic (exact) mass is 336 g/mol. The molecule has 0 atom stereocenters. The second-order valence-corrected chi connectivity index (χ2v) is 5.46. The normalized spacial score (nSPS) is 18.3. The highest BCUT2D eigenvalue weighted by Gasteiger charge is 2.69. The molecule has 0 aromatic carbocycles. The molecule has 9 heteroatoms. The van der Waals surface area contributed by atoms with Crippen molar-refractivity contribution >= 4 is 5.97 Å². The minimum Gasteiger partial charge on any atom is -0.465 e. The van der Waals surface area contributed by atoms with E-state index in [-0.39, 0.29) is 5.92 Å². The third-order valence-electron chi connectivity index (χ3n) is 3.80. The van der Waals surface area contributed by atoms with Crippen LogP contribution in [0.1, 0.15) is 44.9 Å². The molecule has 22 heavy (non-hydrogen) atoms. The Kier molecular flexibility index (Phi) is 6.11. The van der Waals surface area contributed by atoms with Crippen LogP contribution < -0.4 is 0 Å². The summed E-state index contributed by atoms with van der Waals surface area (Å²) in [5, 5.41) is 8.91. The summed E-state index contributed by atoms with van der Waals surface area (Å²) in [6.07, 6.45) is -10.1. The van der Waals surface area contributed by atoms with Gasteiger partial charge < -0.3 is 9.84 Å². The minimum absolute atomic E-state index is 0.335. The van der Waals surface area contributed by atoms with Crippen LogP contribution in [-0.2, 0) is 9.53 Å². The molecular formula is C13H18F6O3. The molecule has 1 aliphatic rings. The highest BCUT2D eigenvalue weighted by atomic mass is 19.4. The van der Waals surface area contributed by atoms with Gasteiger partial charge in [-0.15, -0.1) is 0 Å². The van der Waals surface area contributed by atoms with Crippen LogP contribution in [0.25, 0.3) is 0 Å². The largest absolute Gasteiger partial charge is 0.465 e. The van der Waals surface area contributed by atoms with Crippen LogP contribution in [0.3, 0.4) is 0 Å². The molecular weight excluding hydrogens is 318 g/mol. The number of carbonyl (C=O) groups is 1. The number of alkyl halides is 6. The molecule has 1 aliphatic carbocycles. The van der Waals surface area contributed by atoms with E-state index in [2.05, 4.69) is 0 Å². The van der Waals surface area contributed by atoms with Gasteiger partial charge >= 0.3 is 18.3 Å². The predicted octanol–water partition coefficient (Wildman–Crippen LogP) is 3.75. The summed E-state index contributed by atoms with van der Waals surface area (Å²) >= 11 is 0. The van der Waals surface area contributed by atoms with E-state index in [9.17, 15) is 31.1 Å². The highest BCUT2D eigenvalue weighted by molar-refractivity contribution is 5.72. The molecule has 0 spiro atoms. The van der Waals surface area contributed by atoms with Gasteiger partial charge in [0.2, 0.25) is 0 Å². The first kappa shape index (κ1) is 19.1. The van der Waals surface area contributed by atoms with Crippen LogP contribution in [0.15, 0.2) is 0 Å². The summed E-state index contributed by atoms with van der Waals surface area (Å²) in [5.74, 6) is -0.930. The van der Waals surface area contributed by atoms with Crippen LogP contribution in [-0.4, -0.2) is 35.6 Å². The summed E-state index contributed by atoms with van der Waals surface area (Å²) < 4.78 is 79.1. The highest BCUT2D eigenvalue weighted by Crippen LogP contribution is 2.45. The van der Waals surface area contributed by atoms with Crippen molar-refractivity contribution in [3.05, 3.63) is 0 Å². The second kappa shape index (κ2) is 7.06. The van der Waals surface area contributed by atoms with E-state index in [1.165, 1.54) is 0 Å². The lowest BCUT2D eigenvalue weighted by atomic mass is 9.89. The zero-order valence-corrected chi connectivity index (χ0v) is 11.8. The molecule has 1 N–H and O–H groups in total. The van der Waals surface area contributed by atoms with Crippen LogP contribution in [0, 0.1) is 5.92 Å². The first-order valence-corrected chi connectivity index (χ1v) is 7.01. The molecule has 1 saturated carbocycles. The van der Waals surface area contributed by atoms with Gasteiger partial charge in [0.05, 0.1) is 12.5 Å². The summed E-state index contributed by atoms with van der Waals surface area (Å²) in [6.45, 7) is -0.580. The van der Waals surface area contributed by atoms with Gasteiger partial charge in [0, 0.05) is 0 Å². The molecule has 0 heterocycles. The average Bonchev–Trinajstić information content (AvgIpc) is 2.41. The number of esters is 1. The van der Waals surface area contributed by atoms with Gasteiger partial charge in [0.1, 0.15) is 0 Å². The third-order valence-corrected chi connectivity index (χ3v) is 3.80. The number of carbonyl (C=O) groups excluding carboxylic acids is 1. The van der Waals surface area contributed by atoms with Crippen molar-refractivity contribution in [3.63, 3.8) is 0 Å². The second-order valence-electron chi connectivity index (χ2n) is 5.46. The number of hydrogen-bond acceptors (Lipinski definition) is 3. The van der Waals surface area contributed by atoms with Crippen molar-refractivity contribution in [1.82, 2.24) is 0 Å². The van der Waals surface area contributed by atoms with Gasteiger partial charge in [-0.05, 0) is 25.7 Å². The van der Waals surface area contributed by atoms with Gasteiger partial charge in [0.15, 0.2) is 0 Å². The Morgan fingerprint density at radius 2 is 1.50 bits per heavy atom. The molecule has 1 rings (SSSR count). The Morgan fingerprint density at radius 1 is 1.00 bits per heavy atom. The van der Waals surface area contributed by atoms with Gasteiger partial charge in [0.25, 0.3) is 5.60 Å². The van der Waals surface area contributed by atoms with Crippen molar-refractivity contribution in [1.29, 1.82) is 0 Å². The van der Waals surface area contributed by atoms with Gasteiger partial charge in [-0.3, -0.25) is 4.79 Å². The summed E-state index contributed by atoms with van der Waals surface area (Å²) in [6, 6.07) is 0. The van der Waals surface area contributed by atoms with E-state index in [0.29, 0.717) is 12.8 Å². The Hall–Kier alpha value is -0.990. The van der Waals surface area contributed by atoms with Gasteiger partial charge in [-0.25, -0.2) is 0 Å². The zero-order chi connectivity index (χ0) is 17.0. The minimum atomic E-state index is -5.83. The number of rotatable bonds is 5. The van der Waals surface area contributed by atoms with E-state index in [0.717, 1.165) is 19.3 Å². The van der Waals surface area contributed by atoms with Crippen molar-refractivity contribution in [2.75, 3.05) is 6.61 Å².